The smallest absolute Gasteiger partial charge is 0.276 e. The quantitative estimate of drug-likeness (QED) is 0.291. The number of phenols is 1. The molecule has 4 bridgehead atoms. The van der Waals surface area contributed by atoms with E-state index in [0.717, 1.165) is 16.7 Å². The molecule has 0 unspecified atom stereocenters. The number of aromatic nitrogens is 3. The first-order chi connectivity index (χ1) is 21.0. The van der Waals surface area contributed by atoms with E-state index >= 15 is 0 Å². The standard InChI is InChI=1S/C31H32N6O5S/c38-26-7-6-21-8-15-33-27(39)20-37(16-2-1-12-34-29(41)24-5-3-4-23(19-24)25(26)18-21)28(40)11-17-43-31-36-35-30(42-31)22-9-13-32-14-10-22/h3-7,9-10,13-14,18-19,38H,1-2,8,11-12,15-17,20H2,(H,33,39)(H,34,41). The lowest BCUT2D eigenvalue weighted by Gasteiger charge is -2.22. The van der Waals surface area contributed by atoms with E-state index in [0.29, 0.717) is 66.9 Å². The normalized spacial score (nSPS) is 14.7. The van der Waals surface area contributed by atoms with Crippen molar-refractivity contribution in [3.05, 3.63) is 78.1 Å². The Hall–Kier alpha value is -4.71. The predicted molar refractivity (Wildman–Crippen MR) is 161 cm³/mol. The van der Waals surface area contributed by atoms with E-state index in [1.54, 1.807) is 59.8 Å². The van der Waals surface area contributed by atoms with Crippen molar-refractivity contribution in [2.24, 2.45) is 0 Å². The van der Waals surface area contributed by atoms with Crippen molar-refractivity contribution in [3.8, 4) is 28.3 Å². The molecule has 3 heterocycles. The maximum Gasteiger partial charge on any atom is 0.276 e. The van der Waals surface area contributed by atoms with Crippen LogP contribution in [0.2, 0.25) is 0 Å². The molecule has 3 N–H and O–H groups in total. The van der Waals surface area contributed by atoms with E-state index in [-0.39, 0.29) is 36.4 Å². The summed E-state index contributed by atoms with van der Waals surface area (Å²) < 4.78 is 5.69. The van der Waals surface area contributed by atoms with Gasteiger partial charge < -0.3 is 25.1 Å². The van der Waals surface area contributed by atoms with E-state index in [4.69, 9.17) is 4.42 Å². The van der Waals surface area contributed by atoms with Gasteiger partial charge in [-0.3, -0.25) is 19.4 Å². The van der Waals surface area contributed by atoms with Gasteiger partial charge >= 0.3 is 0 Å². The minimum absolute atomic E-state index is 0.0615. The molecule has 0 radical (unpaired) electrons. The van der Waals surface area contributed by atoms with Gasteiger partial charge in [0.2, 0.25) is 17.7 Å². The zero-order valence-corrected chi connectivity index (χ0v) is 24.3. The summed E-state index contributed by atoms with van der Waals surface area (Å²) in [6, 6.07) is 15.9. The van der Waals surface area contributed by atoms with Crippen LogP contribution >= 0.6 is 11.8 Å². The van der Waals surface area contributed by atoms with E-state index in [9.17, 15) is 19.5 Å². The van der Waals surface area contributed by atoms with Crippen LogP contribution in [0.3, 0.4) is 0 Å². The summed E-state index contributed by atoms with van der Waals surface area (Å²) in [6.07, 6.45) is 5.26. The van der Waals surface area contributed by atoms with Crippen molar-refractivity contribution < 1.29 is 23.9 Å². The second-order valence-electron chi connectivity index (χ2n) is 10.0. The minimum atomic E-state index is -0.249. The van der Waals surface area contributed by atoms with Crippen molar-refractivity contribution in [1.29, 1.82) is 0 Å². The lowest BCUT2D eigenvalue weighted by molar-refractivity contribution is -0.135. The second kappa shape index (κ2) is 14.5. The predicted octanol–water partition coefficient (Wildman–Crippen LogP) is 3.70. The lowest BCUT2D eigenvalue weighted by atomic mass is 9.98. The molecule has 11 nitrogen and oxygen atoms in total. The van der Waals surface area contributed by atoms with Crippen molar-refractivity contribution >= 4 is 29.5 Å². The molecule has 0 atom stereocenters. The maximum atomic E-state index is 13.2. The lowest BCUT2D eigenvalue weighted by Crippen LogP contribution is -2.42. The summed E-state index contributed by atoms with van der Waals surface area (Å²) in [5.74, 6) is 0.281. The molecule has 2 aromatic heterocycles. The van der Waals surface area contributed by atoms with E-state index in [1.165, 1.54) is 11.8 Å². The van der Waals surface area contributed by atoms with Crippen LogP contribution in [0.15, 0.2) is 76.6 Å². The summed E-state index contributed by atoms with van der Waals surface area (Å²) in [4.78, 5) is 44.3. The molecule has 0 saturated carbocycles. The number of carbonyl (C=O) groups excluding carboxylic acids is 3. The Morgan fingerprint density at radius 1 is 0.953 bits per heavy atom. The number of amides is 3. The fraction of sp³-hybridized carbons (Fsp3) is 0.290. The highest BCUT2D eigenvalue weighted by Gasteiger charge is 2.18. The van der Waals surface area contributed by atoms with E-state index in [2.05, 4.69) is 25.8 Å². The number of nitrogens with zero attached hydrogens (tertiary/aromatic N) is 4. The van der Waals surface area contributed by atoms with Crippen LogP contribution in [0.1, 0.15) is 35.2 Å². The van der Waals surface area contributed by atoms with Crippen molar-refractivity contribution in [3.63, 3.8) is 0 Å². The zero-order valence-electron chi connectivity index (χ0n) is 23.5. The molecule has 0 fully saturated rings. The van der Waals surface area contributed by atoms with E-state index < -0.39 is 0 Å². The summed E-state index contributed by atoms with van der Waals surface area (Å²) in [6.45, 7) is 1.12. The van der Waals surface area contributed by atoms with Gasteiger partial charge in [0.15, 0.2) is 0 Å². The number of benzene rings is 2. The monoisotopic (exact) mass is 600 g/mol. The Kier molecular flexibility index (Phi) is 10.0. The molecule has 1 aliphatic rings. The molecule has 0 saturated heterocycles. The van der Waals surface area contributed by atoms with Gasteiger partial charge in [-0.25, -0.2) is 0 Å². The van der Waals surface area contributed by atoms with Gasteiger partial charge in [-0.05, 0) is 66.8 Å². The molecule has 1 aliphatic heterocycles. The number of fused-ring (bicyclic) bond motifs is 5. The van der Waals surface area contributed by atoms with Crippen LogP contribution in [0.25, 0.3) is 22.6 Å². The Bertz CT molecular complexity index is 1580. The average Bonchev–Trinajstić information content (AvgIpc) is 3.50. The fourth-order valence-electron chi connectivity index (χ4n) is 4.66. The largest absolute Gasteiger partial charge is 0.507 e. The van der Waals surface area contributed by atoms with Gasteiger partial charge in [0.1, 0.15) is 5.75 Å². The van der Waals surface area contributed by atoms with Gasteiger partial charge in [-0.1, -0.05) is 30.0 Å². The molecular weight excluding hydrogens is 568 g/mol. The Balaban J connectivity index is 1.21. The molecule has 4 aromatic rings. The molecule has 2 aromatic carbocycles. The van der Waals surface area contributed by atoms with Crippen molar-refractivity contribution in [2.75, 3.05) is 31.9 Å². The molecule has 5 rings (SSSR count). The highest BCUT2D eigenvalue weighted by molar-refractivity contribution is 7.99. The van der Waals surface area contributed by atoms with E-state index in [1.807, 2.05) is 12.1 Å². The number of phenolic OH excluding ortho intramolecular Hbond substituents is 1. The third kappa shape index (κ3) is 8.19. The summed E-state index contributed by atoms with van der Waals surface area (Å²) in [7, 11) is 0. The number of hydrogen-bond donors (Lipinski definition) is 3. The molecule has 0 spiro atoms. The molecule has 43 heavy (non-hydrogen) atoms. The van der Waals surface area contributed by atoms with Gasteiger partial charge in [-0.2, -0.15) is 0 Å². The highest BCUT2D eigenvalue weighted by Crippen LogP contribution is 2.31. The first kappa shape index (κ1) is 29.8. The van der Waals surface area contributed by atoms with Gasteiger partial charge in [0, 0.05) is 60.9 Å². The second-order valence-corrected chi connectivity index (χ2v) is 11.1. The first-order valence-corrected chi connectivity index (χ1v) is 15.1. The van der Waals surface area contributed by atoms with Crippen LogP contribution in [0.5, 0.6) is 5.75 Å². The van der Waals surface area contributed by atoms with Crippen LogP contribution in [-0.2, 0) is 16.0 Å². The Labute approximate surface area is 253 Å². The maximum absolute atomic E-state index is 13.2. The summed E-state index contributed by atoms with van der Waals surface area (Å²) in [5.41, 5.74) is 3.53. The molecular formula is C31H32N6O5S. The number of pyridine rings is 1. The third-order valence-electron chi connectivity index (χ3n) is 6.94. The van der Waals surface area contributed by atoms with Gasteiger partial charge in [0.25, 0.3) is 11.1 Å². The SMILES string of the molecule is O=C1CN(C(=O)CCSc2nnc(-c3ccncc3)o2)CCCCNC(=O)c2cccc(c2)-c2cc(ccc2O)CCN1. The third-order valence-corrected chi connectivity index (χ3v) is 7.76. The number of nitrogens with one attached hydrogen (secondary N) is 2. The number of aromatic hydroxyl groups is 1. The molecule has 12 heteroatoms. The zero-order chi connectivity index (χ0) is 30.0. The Morgan fingerprint density at radius 2 is 1.79 bits per heavy atom. The highest BCUT2D eigenvalue weighted by atomic mass is 32.2. The van der Waals surface area contributed by atoms with Gasteiger partial charge in [0.05, 0.1) is 6.54 Å². The summed E-state index contributed by atoms with van der Waals surface area (Å²) in [5, 5.41) is 24.8. The Morgan fingerprint density at radius 3 is 2.65 bits per heavy atom. The fourth-order valence-corrected chi connectivity index (χ4v) is 5.35. The van der Waals surface area contributed by atoms with Crippen LogP contribution in [0.4, 0.5) is 0 Å². The van der Waals surface area contributed by atoms with Crippen LogP contribution in [0, 0.1) is 0 Å². The number of carbonyl (C=O) groups is 3. The van der Waals surface area contributed by atoms with Gasteiger partial charge in [-0.15, -0.1) is 10.2 Å². The minimum Gasteiger partial charge on any atom is -0.507 e. The number of thioether (sulfide) groups is 1. The molecule has 222 valence electrons. The topological polar surface area (TPSA) is 151 Å². The average molecular weight is 601 g/mol. The van der Waals surface area contributed by atoms with Crippen LogP contribution in [-0.4, -0.2) is 74.8 Å². The molecule has 3 amide bonds. The number of hydrogen-bond acceptors (Lipinski definition) is 9. The summed E-state index contributed by atoms with van der Waals surface area (Å²) >= 11 is 1.28. The first-order valence-electron chi connectivity index (χ1n) is 14.1. The number of rotatable bonds is 5. The van der Waals surface area contributed by atoms with Crippen molar-refractivity contribution in [1.82, 2.24) is 30.7 Å². The van der Waals surface area contributed by atoms with Crippen molar-refractivity contribution in [2.45, 2.75) is 30.9 Å². The molecule has 0 aliphatic carbocycles. The van der Waals surface area contributed by atoms with Crippen LogP contribution < -0.4 is 10.6 Å².